The Morgan fingerprint density at radius 2 is 1.86 bits per heavy atom. The molecule has 0 bridgehead atoms. The monoisotopic (exact) mass is 530 g/mol. The molecule has 0 radical (unpaired) electrons. The molecule has 3 amide bonds. The van der Waals surface area contributed by atoms with Gasteiger partial charge >= 0.3 is 6.09 Å². The van der Waals surface area contributed by atoms with E-state index in [4.69, 9.17) is 21.1 Å². The molecule has 0 saturated heterocycles. The van der Waals surface area contributed by atoms with E-state index in [1.54, 1.807) is 20.8 Å². The maximum atomic E-state index is 14.3. The van der Waals surface area contributed by atoms with Gasteiger partial charge in [-0.05, 0) is 45.4 Å². The highest BCUT2D eigenvalue weighted by Crippen LogP contribution is 2.38. The quantitative estimate of drug-likeness (QED) is 0.294. The van der Waals surface area contributed by atoms with E-state index < -0.39 is 35.3 Å². The zero-order valence-electron chi connectivity index (χ0n) is 21.2. The Morgan fingerprint density at radius 1 is 1.16 bits per heavy atom. The van der Waals surface area contributed by atoms with Crippen LogP contribution >= 0.6 is 11.6 Å². The number of nitrogens with one attached hydrogen (secondary N) is 2. The van der Waals surface area contributed by atoms with Crippen molar-refractivity contribution >= 4 is 35.5 Å². The van der Waals surface area contributed by atoms with Crippen LogP contribution in [0.2, 0.25) is 5.02 Å². The second-order valence-corrected chi connectivity index (χ2v) is 9.23. The predicted octanol–water partition coefficient (Wildman–Crippen LogP) is 5.35. The Labute approximate surface area is 219 Å². The van der Waals surface area contributed by atoms with Crippen LogP contribution in [0.15, 0.2) is 35.3 Å². The number of carbonyl (C=O) groups is 3. The summed E-state index contributed by atoms with van der Waals surface area (Å²) in [6, 6.07) is 8.83. The lowest BCUT2D eigenvalue weighted by molar-refractivity contribution is -0.117. The Balaban J connectivity index is 2.69. The van der Waals surface area contributed by atoms with Gasteiger partial charge in [0.25, 0.3) is 5.91 Å². The summed E-state index contributed by atoms with van der Waals surface area (Å²) in [6.45, 7) is 8.24. The van der Waals surface area contributed by atoms with Crippen molar-refractivity contribution in [1.82, 2.24) is 10.6 Å². The summed E-state index contributed by atoms with van der Waals surface area (Å²) in [6.07, 6.45) is 0.430. The van der Waals surface area contributed by atoms with E-state index >= 15 is 0 Å². The molecular formula is C26H28ClFN4O5. The summed E-state index contributed by atoms with van der Waals surface area (Å²) >= 11 is 6.22. The molecule has 2 aromatic carbocycles. The third-order valence-electron chi connectivity index (χ3n) is 4.61. The number of nitriles is 1. The molecular weight excluding hydrogens is 503 g/mol. The Hall–Kier alpha value is -3.97. The summed E-state index contributed by atoms with van der Waals surface area (Å²) in [5.74, 6) is -2.70. The van der Waals surface area contributed by atoms with E-state index in [1.807, 2.05) is 13.0 Å². The normalized spacial score (nSPS) is 11.4. The number of hydrogen-bond acceptors (Lipinski definition) is 6. The number of ether oxygens (including phenoxy) is 2. The first-order valence-electron chi connectivity index (χ1n) is 11.4. The lowest BCUT2D eigenvalue weighted by Crippen LogP contribution is -2.44. The van der Waals surface area contributed by atoms with Crippen LogP contribution in [0, 0.1) is 17.1 Å². The molecule has 0 aliphatic rings. The van der Waals surface area contributed by atoms with Gasteiger partial charge in [0.15, 0.2) is 0 Å². The number of guanidine groups is 1. The molecule has 0 aliphatic carbocycles. The van der Waals surface area contributed by atoms with E-state index in [2.05, 4.69) is 15.6 Å². The number of rotatable bonds is 6. The van der Waals surface area contributed by atoms with Crippen LogP contribution in [-0.4, -0.2) is 36.1 Å². The summed E-state index contributed by atoms with van der Waals surface area (Å²) < 4.78 is 25.3. The summed E-state index contributed by atoms with van der Waals surface area (Å²) in [4.78, 5) is 41.2. The summed E-state index contributed by atoms with van der Waals surface area (Å²) in [7, 11) is 0. The lowest BCUT2D eigenvalue weighted by Gasteiger charge is -2.19. The number of halogens is 2. The van der Waals surface area contributed by atoms with Gasteiger partial charge in [-0.3, -0.25) is 20.2 Å². The first-order valence-corrected chi connectivity index (χ1v) is 11.8. The van der Waals surface area contributed by atoms with Gasteiger partial charge in [0, 0.05) is 18.1 Å². The fourth-order valence-electron chi connectivity index (χ4n) is 3.13. The fraction of sp³-hybridized carbons (Fsp3) is 0.346. The maximum Gasteiger partial charge on any atom is 0.437 e. The van der Waals surface area contributed by atoms with Crippen molar-refractivity contribution in [3.05, 3.63) is 52.3 Å². The van der Waals surface area contributed by atoms with E-state index in [0.29, 0.717) is 6.42 Å². The number of aliphatic imine (C=N–C) groups is 1. The van der Waals surface area contributed by atoms with Gasteiger partial charge in [0.2, 0.25) is 11.9 Å². The first-order chi connectivity index (χ1) is 17.4. The van der Waals surface area contributed by atoms with E-state index in [1.165, 1.54) is 24.3 Å². The van der Waals surface area contributed by atoms with Crippen molar-refractivity contribution in [2.24, 2.45) is 4.99 Å². The molecule has 2 N–H and O–H groups in total. The van der Waals surface area contributed by atoms with Crippen LogP contribution in [0.1, 0.15) is 63.4 Å². The van der Waals surface area contributed by atoms with Crippen molar-refractivity contribution in [1.29, 1.82) is 5.26 Å². The van der Waals surface area contributed by atoms with Crippen LogP contribution in [0.5, 0.6) is 5.75 Å². The van der Waals surface area contributed by atoms with Gasteiger partial charge in [-0.1, -0.05) is 37.1 Å². The second kappa shape index (κ2) is 12.8. The van der Waals surface area contributed by atoms with Crippen LogP contribution in [0.3, 0.4) is 0 Å². The second-order valence-electron chi connectivity index (χ2n) is 8.85. The molecule has 0 spiro atoms. The van der Waals surface area contributed by atoms with Crippen molar-refractivity contribution < 1.29 is 28.2 Å². The topological polar surface area (TPSA) is 130 Å². The lowest BCUT2D eigenvalue weighted by atomic mass is 9.93. The molecule has 0 saturated carbocycles. The molecule has 11 heteroatoms. The number of benzene rings is 2. The standard InChI is InChI=1S/C26H28ClFN4O5/c1-6-7-13-36-19-12-11-16(14-29)20(17-9-8-10-18(28)22(17)27)21(19)23(34)31-24(30-15(2)33)32-25(35)37-26(3,4)5/h8-12H,6-7,13H2,1-5H3,(H2,30,31,32,33,34,35). The Morgan fingerprint density at radius 3 is 2.46 bits per heavy atom. The van der Waals surface area contributed by atoms with Crippen LogP contribution in [-0.2, 0) is 9.53 Å². The molecule has 0 unspecified atom stereocenters. The third kappa shape index (κ3) is 8.29. The molecule has 37 heavy (non-hydrogen) atoms. The minimum absolute atomic E-state index is 0.0120. The van der Waals surface area contributed by atoms with Crippen LogP contribution < -0.4 is 15.4 Å². The van der Waals surface area contributed by atoms with Crippen molar-refractivity contribution in [2.45, 2.75) is 53.1 Å². The minimum atomic E-state index is -1.06. The highest BCUT2D eigenvalue weighted by atomic mass is 35.5. The average molecular weight is 531 g/mol. The van der Waals surface area contributed by atoms with Crippen LogP contribution in [0.4, 0.5) is 9.18 Å². The summed E-state index contributed by atoms with van der Waals surface area (Å²) in [5, 5.41) is 14.1. The molecule has 196 valence electrons. The smallest absolute Gasteiger partial charge is 0.437 e. The van der Waals surface area contributed by atoms with Crippen LogP contribution in [0.25, 0.3) is 11.1 Å². The van der Waals surface area contributed by atoms with Gasteiger partial charge < -0.3 is 9.47 Å². The molecule has 0 aromatic heterocycles. The van der Waals surface area contributed by atoms with Crippen molar-refractivity contribution in [3.8, 4) is 22.9 Å². The molecule has 0 atom stereocenters. The van der Waals surface area contributed by atoms with Gasteiger partial charge in [0.1, 0.15) is 17.2 Å². The highest BCUT2D eigenvalue weighted by molar-refractivity contribution is 6.34. The fourth-order valence-corrected chi connectivity index (χ4v) is 3.35. The summed E-state index contributed by atoms with van der Waals surface area (Å²) in [5.41, 5.74) is -0.933. The van der Waals surface area contributed by atoms with E-state index in [0.717, 1.165) is 19.4 Å². The molecule has 0 heterocycles. The number of amides is 3. The molecule has 9 nitrogen and oxygen atoms in total. The Bertz CT molecular complexity index is 1260. The van der Waals surface area contributed by atoms with Gasteiger partial charge in [-0.2, -0.15) is 5.26 Å². The van der Waals surface area contributed by atoms with Gasteiger partial charge in [-0.25, -0.2) is 9.18 Å². The molecule has 0 fully saturated rings. The third-order valence-corrected chi connectivity index (χ3v) is 5.00. The minimum Gasteiger partial charge on any atom is -0.493 e. The van der Waals surface area contributed by atoms with Crippen molar-refractivity contribution in [3.63, 3.8) is 0 Å². The zero-order valence-corrected chi connectivity index (χ0v) is 22.0. The van der Waals surface area contributed by atoms with Crippen molar-refractivity contribution in [2.75, 3.05) is 6.61 Å². The van der Waals surface area contributed by atoms with Gasteiger partial charge in [-0.15, -0.1) is 4.99 Å². The zero-order chi connectivity index (χ0) is 27.8. The SMILES string of the molecule is CCCCOc1ccc(C#N)c(-c2cccc(F)c2Cl)c1C(=O)NC(=NC(=O)OC(C)(C)C)NC(C)=O. The van der Waals surface area contributed by atoms with E-state index in [-0.39, 0.29) is 39.6 Å². The number of unbranched alkanes of at least 4 members (excludes halogenated alkanes) is 1. The molecule has 0 aliphatic heterocycles. The number of carbonyl (C=O) groups excluding carboxylic acids is 3. The molecule has 2 rings (SSSR count). The number of nitrogens with zero attached hydrogens (tertiary/aromatic N) is 2. The van der Waals surface area contributed by atoms with E-state index in [9.17, 15) is 24.0 Å². The predicted molar refractivity (Wildman–Crippen MR) is 137 cm³/mol. The molecule has 2 aromatic rings. The maximum absolute atomic E-state index is 14.3. The first kappa shape index (κ1) is 29.3. The Kier molecular flexibility index (Phi) is 10.1. The largest absolute Gasteiger partial charge is 0.493 e. The van der Waals surface area contributed by atoms with Gasteiger partial charge in [0.05, 0.1) is 28.8 Å². The highest BCUT2D eigenvalue weighted by Gasteiger charge is 2.26. The number of hydrogen-bond donors (Lipinski definition) is 2. The average Bonchev–Trinajstić information content (AvgIpc) is 2.78.